The third-order valence-corrected chi connectivity index (χ3v) is 9.74. The van der Waals surface area contributed by atoms with Gasteiger partial charge in [-0.25, -0.2) is 4.98 Å². The Kier molecular flexibility index (Phi) is 6.18. The molecule has 0 N–H and O–H groups in total. The van der Waals surface area contributed by atoms with Crippen LogP contribution >= 0.6 is 0 Å². The number of aromatic nitrogens is 2. The minimum Gasteiger partial charge on any atom is -0.455 e. The standard InChI is InChI=1S/C46H28N2O/c1-3-15-33-29(10-1)12-7-19-39(33)43-28-41(46(49-43)40-20-8-13-30-11-2-4-16-34(30)40)37-24-25-38(36-18-6-5-17-35(36)37)42-26-23-32-22-21-31-14-9-27-47-44(31)45(32)48-42/h1-28H. The number of nitrogens with zero attached hydrogens (tertiary/aromatic N) is 2. The molecule has 3 aromatic heterocycles. The molecule has 0 spiro atoms. The van der Waals surface area contributed by atoms with Crippen LogP contribution in [0.2, 0.25) is 0 Å². The third-order valence-electron chi connectivity index (χ3n) is 9.74. The molecule has 0 aliphatic carbocycles. The van der Waals surface area contributed by atoms with Crippen molar-refractivity contribution in [3.8, 4) is 45.0 Å². The fraction of sp³-hybridized carbons (Fsp3) is 0. The molecule has 0 fully saturated rings. The SMILES string of the molecule is c1ccc2c(-c3cc(-c4ccc(-c5ccc6ccc7cccnc7c6n5)c5ccccc45)c(-c4cccc5ccccc45)o3)cccc2c1. The van der Waals surface area contributed by atoms with Crippen LogP contribution in [0, 0.1) is 0 Å². The van der Waals surface area contributed by atoms with Crippen molar-refractivity contribution in [2.75, 3.05) is 0 Å². The Morgan fingerprint density at radius 2 is 0.939 bits per heavy atom. The number of benzene rings is 7. The summed E-state index contributed by atoms with van der Waals surface area (Å²) < 4.78 is 6.99. The van der Waals surface area contributed by atoms with Crippen molar-refractivity contribution in [2.24, 2.45) is 0 Å². The quantitative estimate of drug-likeness (QED) is 0.183. The highest BCUT2D eigenvalue weighted by molar-refractivity contribution is 6.10. The Morgan fingerprint density at radius 1 is 0.367 bits per heavy atom. The molecule has 0 aliphatic rings. The van der Waals surface area contributed by atoms with Crippen LogP contribution in [0.3, 0.4) is 0 Å². The van der Waals surface area contributed by atoms with Gasteiger partial charge in [0, 0.05) is 39.2 Å². The van der Waals surface area contributed by atoms with Crippen LogP contribution in [0.4, 0.5) is 0 Å². The van der Waals surface area contributed by atoms with Crippen LogP contribution in [0.5, 0.6) is 0 Å². The van der Waals surface area contributed by atoms with Gasteiger partial charge in [-0.15, -0.1) is 0 Å². The molecular formula is C46H28N2O. The van der Waals surface area contributed by atoms with Crippen molar-refractivity contribution in [1.82, 2.24) is 9.97 Å². The summed E-state index contributed by atoms with van der Waals surface area (Å²) in [6.07, 6.45) is 1.84. The van der Waals surface area contributed by atoms with Crippen molar-refractivity contribution < 1.29 is 4.42 Å². The molecule has 49 heavy (non-hydrogen) atoms. The minimum absolute atomic E-state index is 0.846. The second-order valence-corrected chi connectivity index (χ2v) is 12.5. The summed E-state index contributed by atoms with van der Waals surface area (Å²) in [7, 11) is 0. The molecule has 228 valence electrons. The van der Waals surface area contributed by atoms with Crippen molar-refractivity contribution in [1.29, 1.82) is 0 Å². The lowest BCUT2D eigenvalue weighted by molar-refractivity contribution is 0.599. The van der Waals surface area contributed by atoms with Crippen LogP contribution in [-0.4, -0.2) is 9.97 Å². The molecule has 0 amide bonds. The first-order valence-electron chi connectivity index (χ1n) is 16.6. The maximum absolute atomic E-state index is 6.99. The zero-order chi connectivity index (χ0) is 32.3. The first-order chi connectivity index (χ1) is 24.3. The number of furan rings is 1. The smallest absolute Gasteiger partial charge is 0.143 e. The summed E-state index contributed by atoms with van der Waals surface area (Å²) in [5, 5.41) is 9.13. The Bertz CT molecular complexity index is 2890. The predicted octanol–water partition coefficient (Wildman–Crippen LogP) is 12.5. The van der Waals surface area contributed by atoms with Gasteiger partial charge in [0.05, 0.1) is 16.7 Å². The van der Waals surface area contributed by atoms with Crippen molar-refractivity contribution in [3.63, 3.8) is 0 Å². The lowest BCUT2D eigenvalue weighted by atomic mass is 9.91. The number of hydrogen-bond acceptors (Lipinski definition) is 3. The van der Waals surface area contributed by atoms with Gasteiger partial charge in [0.15, 0.2) is 0 Å². The van der Waals surface area contributed by atoms with Crippen molar-refractivity contribution >= 4 is 54.1 Å². The average Bonchev–Trinajstić information content (AvgIpc) is 3.61. The van der Waals surface area contributed by atoms with Crippen LogP contribution in [-0.2, 0) is 0 Å². The molecule has 0 saturated heterocycles. The first kappa shape index (κ1) is 27.5. The van der Waals surface area contributed by atoms with Gasteiger partial charge >= 0.3 is 0 Å². The Balaban J connectivity index is 1.22. The average molecular weight is 625 g/mol. The normalized spacial score (nSPS) is 11.7. The topological polar surface area (TPSA) is 38.9 Å². The van der Waals surface area contributed by atoms with E-state index in [-0.39, 0.29) is 0 Å². The van der Waals surface area contributed by atoms with E-state index >= 15 is 0 Å². The van der Waals surface area contributed by atoms with Gasteiger partial charge in [0.2, 0.25) is 0 Å². The van der Waals surface area contributed by atoms with Gasteiger partial charge in [-0.05, 0) is 56.1 Å². The Morgan fingerprint density at radius 3 is 1.71 bits per heavy atom. The second kappa shape index (κ2) is 11.0. The highest BCUT2D eigenvalue weighted by Crippen LogP contribution is 2.45. The molecule has 0 saturated carbocycles. The van der Waals surface area contributed by atoms with Gasteiger partial charge in [-0.2, -0.15) is 0 Å². The molecular weight excluding hydrogens is 597 g/mol. The molecule has 3 heterocycles. The van der Waals surface area contributed by atoms with E-state index in [0.717, 1.165) is 83.0 Å². The predicted molar refractivity (Wildman–Crippen MR) is 204 cm³/mol. The zero-order valence-corrected chi connectivity index (χ0v) is 26.5. The van der Waals surface area contributed by atoms with Crippen LogP contribution in [0.15, 0.2) is 174 Å². The fourth-order valence-corrected chi connectivity index (χ4v) is 7.42. The third kappa shape index (κ3) is 4.44. The summed E-state index contributed by atoms with van der Waals surface area (Å²) in [6.45, 7) is 0. The minimum atomic E-state index is 0.846. The summed E-state index contributed by atoms with van der Waals surface area (Å²) in [5.74, 6) is 1.71. The molecule has 3 heteroatoms. The van der Waals surface area contributed by atoms with E-state index in [9.17, 15) is 0 Å². The number of fused-ring (bicyclic) bond motifs is 6. The first-order valence-corrected chi connectivity index (χ1v) is 16.6. The maximum Gasteiger partial charge on any atom is 0.143 e. The van der Waals surface area contributed by atoms with E-state index in [1.165, 1.54) is 16.2 Å². The lowest BCUT2D eigenvalue weighted by Gasteiger charge is -2.13. The van der Waals surface area contributed by atoms with Crippen LogP contribution in [0.1, 0.15) is 0 Å². The molecule has 0 radical (unpaired) electrons. The van der Waals surface area contributed by atoms with Gasteiger partial charge in [-0.1, -0.05) is 146 Å². The van der Waals surface area contributed by atoms with Gasteiger partial charge < -0.3 is 4.42 Å². The highest BCUT2D eigenvalue weighted by Gasteiger charge is 2.21. The Labute approximate surface area is 282 Å². The fourth-order valence-electron chi connectivity index (χ4n) is 7.42. The second-order valence-electron chi connectivity index (χ2n) is 12.5. The molecule has 0 unspecified atom stereocenters. The molecule has 3 nitrogen and oxygen atoms in total. The molecule has 0 bridgehead atoms. The monoisotopic (exact) mass is 624 g/mol. The molecule has 10 rings (SSSR count). The van der Waals surface area contributed by atoms with E-state index in [1.54, 1.807) is 0 Å². The van der Waals surface area contributed by atoms with E-state index in [4.69, 9.17) is 14.4 Å². The summed E-state index contributed by atoms with van der Waals surface area (Å²) in [5.41, 5.74) is 8.16. The number of rotatable bonds is 4. The summed E-state index contributed by atoms with van der Waals surface area (Å²) >= 11 is 0. The van der Waals surface area contributed by atoms with Crippen LogP contribution < -0.4 is 0 Å². The molecule has 0 atom stereocenters. The Hall–Kier alpha value is -6.58. The van der Waals surface area contributed by atoms with Crippen molar-refractivity contribution in [2.45, 2.75) is 0 Å². The number of hydrogen-bond donors (Lipinski definition) is 0. The largest absolute Gasteiger partial charge is 0.455 e. The van der Waals surface area contributed by atoms with Gasteiger partial charge in [0.1, 0.15) is 11.5 Å². The van der Waals surface area contributed by atoms with Crippen molar-refractivity contribution in [3.05, 3.63) is 170 Å². The van der Waals surface area contributed by atoms with E-state index in [2.05, 4.69) is 158 Å². The molecule has 7 aromatic carbocycles. The molecule has 0 aliphatic heterocycles. The summed E-state index contributed by atoms with van der Waals surface area (Å²) in [4.78, 5) is 9.91. The van der Waals surface area contributed by atoms with Gasteiger partial charge in [-0.3, -0.25) is 4.98 Å². The van der Waals surface area contributed by atoms with E-state index in [1.807, 2.05) is 12.3 Å². The highest BCUT2D eigenvalue weighted by atomic mass is 16.3. The van der Waals surface area contributed by atoms with E-state index in [0.29, 0.717) is 0 Å². The van der Waals surface area contributed by atoms with E-state index < -0.39 is 0 Å². The lowest BCUT2D eigenvalue weighted by Crippen LogP contribution is -1.91. The number of pyridine rings is 2. The zero-order valence-electron chi connectivity index (χ0n) is 26.5. The molecule has 10 aromatic rings. The maximum atomic E-state index is 6.99. The van der Waals surface area contributed by atoms with Gasteiger partial charge in [0.25, 0.3) is 0 Å². The summed E-state index contributed by atoms with van der Waals surface area (Å²) in [6, 6.07) is 57.8. The van der Waals surface area contributed by atoms with Crippen LogP contribution in [0.25, 0.3) is 99.2 Å².